The Morgan fingerprint density at radius 3 is 2.52 bits per heavy atom. The van der Waals surface area contributed by atoms with Gasteiger partial charge in [0.1, 0.15) is 5.82 Å². The lowest BCUT2D eigenvalue weighted by Crippen LogP contribution is -2.48. The van der Waals surface area contributed by atoms with Crippen LogP contribution in [0.4, 0.5) is 4.39 Å². The second-order valence-electron chi connectivity index (χ2n) is 5.44. The molecule has 2 rings (SSSR count). The van der Waals surface area contributed by atoms with Crippen LogP contribution in [0, 0.1) is 17.1 Å². The Hall–Kier alpha value is -1.20. The van der Waals surface area contributed by atoms with Crippen molar-refractivity contribution in [2.45, 2.75) is 24.2 Å². The van der Waals surface area contributed by atoms with Crippen LogP contribution in [-0.2, 0) is 10.0 Å². The highest BCUT2D eigenvalue weighted by Crippen LogP contribution is 2.23. The van der Waals surface area contributed by atoms with E-state index in [9.17, 15) is 12.8 Å². The van der Waals surface area contributed by atoms with Crippen LogP contribution < -0.4 is 0 Å². The molecule has 0 saturated carbocycles. The second kappa shape index (κ2) is 8.06. The monoisotopic (exact) mass is 359 g/mol. The van der Waals surface area contributed by atoms with Crippen LogP contribution in [0.15, 0.2) is 23.1 Å². The molecule has 1 fully saturated rings. The maximum absolute atomic E-state index is 13.2. The standard InChI is InChI=1S/C15H19ClFN3O2S/c16-14-12-13(4-5-15(14)17)23(21,22)20-10-8-19(9-11-20)7-3-1-2-6-18/h4-5,12H,1-3,7-11H2. The first-order chi connectivity index (χ1) is 10.9. The molecule has 126 valence electrons. The van der Waals surface area contributed by atoms with E-state index in [0.29, 0.717) is 32.6 Å². The number of rotatable bonds is 6. The summed E-state index contributed by atoms with van der Waals surface area (Å²) < 4.78 is 39.7. The fourth-order valence-electron chi connectivity index (χ4n) is 2.52. The van der Waals surface area contributed by atoms with Gasteiger partial charge >= 0.3 is 0 Å². The quantitative estimate of drug-likeness (QED) is 0.732. The van der Waals surface area contributed by atoms with Crippen LogP contribution in [0.2, 0.25) is 5.02 Å². The Balaban J connectivity index is 1.93. The van der Waals surface area contributed by atoms with Crippen molar-refractivity contribution in [3.05, 3.63) is 29.0 Å². The lowest BCUT2D eigenvalue weighted by molar-refractivity contribution is 0.186. The van der Waals surface area contributed by atoms with Gasteiger partial charge < -0.3 is 4.90 Å². The van der Waals surface area contributed by atoms with E-state index >= 15 is 0 Å². The highest BCUT2D eigenvalue weighted by molar-refractivity contribution is 7.89. The smallest absolute Gasteiger partial charge is 0.243 e. The number of unbranched alkanes of at least 4 members (excludes halogenated alkanes) is 2. The lowest BCUT2D eigenvalue weighted by Gasteiger charge is -2.34. The molecule has 0 aromatic heterocycles. The zero-order chi connectivity index (χ0) is 16.9. The van der Waals surface area contributed by atoms with Gasteiger partial charge in [0.05, 0.1) is 16.0 Å². The van der Waals surface area contributed by atoms with Gasteiger partial charge in [0.15, 0.2) is 0 Å². The zero-order valence-corrected chi connectivity index (χ0v) is 14.3. The highest BCUT2D eigenvalue weighted by atomic mass is 35.5. The Labute approximate surface area is 141 Å². The topological polar surface area (TPSA) is 64.4 Å². The summed E-state index contributed by atoms with van der Waals surface area (Å²) in [6, 6.07) is 5.58. The average Bonchev–Trinajstić information content (AvgIpc) is 2.54. The van der Waals surface area contributed by atoms with Gasteiger partial charge in [-0.15, -0.1) is 0 Å². The molecule has 1 aliphatic heterocycles. The summed E-state index contributed by atoms with van der Waals surface area (Å²) >= 11 is 5.68. The van der Waals surface area contributed by atoms with Crippen LogP contribution in [0.3, 0.4) is 0 Å². The minimum absolute atomic E-state index is 0.0198. The summed E-state index contributed by atoms with van der Waals surface area (Å²) in [5.41, 5.74) is 0. The maximum Gasteiger partial charge on any atom is 0.243 e. The molecule has 1 aromatic carbocycles. The summed E-state index contributed by atoms with van der Waals surface area (Å²) in [6.45, 7) is 2.98. The first kappa shape index (κ1) is 18.1. The van der Waals surface area contributed by atoms with Crippen LogP contribution in [-0.4, -0.2) is 50.3 Å². The molecule has 0 atom stereocenters. The molecule has 1 aromatic rings. The largest absolute Gasteiger partial charge is 0.301 e. The molecule has 0 spiro atoms. The van der Waals surface area contributed by atoms with E-state index < -0.39 is 15.8 Å². The molecular formula is C15H19ClFN3O2S. The average molecular weight is 360 g/mol. The van der Waals surface area contributed by atoms with Crippen molar-refractivity contribution in [2.24, 2.45) is 0 Å². The van der Waals surface area contributed by atoms with E-state index in [-0.39, 0.29) is 9.92 Å². The fourth-order valence-corrected chi connectivity index (χ4v) is 4.21. The van der Waals surface area contributed by atoms with Crippen LogP contribution >= 0.6 is 11.6 Å². The molecule has 23 heavy (non-hydrogen) atoms. The van der Waals surface area contributed by atoms with Crippen molar-refractivity contribution in [1.82, 2.24) is 9.21 Å². The van der Waals surface area contributed by atoms with E-state index in [1.807, 2.05) is 0 Å². The molecule has 0 N–H and O–H groups in total. The summed E-state index contributed by atoms with van der Waals surface area (Å²) in [5.74, 6) is -0.632. The number of hydrogen-bond acceptors (Lipinski definition) is 4. The Morgan fingerprint density at radius 1 is 1.22 bits per heavy atom. The van der Waals surface area contributed by atoms with Crippen molar-refractivity contribution in [3.63, 3.8) is 0 Å². The van der Waals surface area contributed by atoms with Crippen molar-refractivity contribution in [2.75, 3.05) is 32.7 Å². The van der Waals surface area contributed by atoms with Crippen LogP contribution in [0.5, 0.6) is 0 Å². The number of piperazine rings is 1. The zero-order valence-electron chi connectivity index (χ0n) is 12.7. The number of nitriles is 1. The highest BCUT2D eigenvalue weighted by Gasteiger charge is 2.28. The molecule has 0 bridgehead atoms. The van der Waals surface area contributed by atoms with Gasteiger partial charge in [0.25, 0.3) is 0 Å². The first-order valence-electron chi connectivity index (χ1n) is 7.49. The van der Waals surface area contributed by atoms with Crippen molar-refractivity contribution >= 4 is 21.6 Å². The first-order valence-corrected chi connectivity index (χ1v) is 9.31. The third-order valence-corrected chi connectivity index (χ3v) is 6.06. The molecule has 1 saturated heterocycles. The number of nitrogens with zero attached hydrogens (tertiary/aromatic N) is 3. The minimum atomic E-state index is -3.64. The number of halogens is 2. The van der Waals surface area contributed by atoms with E-state index in [4.69, 9.17) is 16.9 Å². The van der Waals surface area contributed by atoms with Crippen molar-refractivity contribution in [3.8, 4) is 6.07 Å². The molecule has 1 aliphatic rings. The number of sulfonamides is 1. The van der Waals surface area contributed by atoms with Gasteiger partial charge in [-0.3, -0.25) is 0 Å². The van der Waals surface area contributed by atoms with E-state index in [1.54, 1.807) is 0 Å². The van der Waals surface area contributed by atoms with Crippen molar-refractivity contribution < 1.29 is 12.8 Å². The van der Waals surface area contributed by atoms with Crippen LogP contribution in [0.1, 0.15) is 19.3 Å². The summed E-state index contributed by atoms with van der Waals surface area (Å²) in [5, 5.41) is 8.31. The van der Waals surface area contributed by atoms with Crippen LogP contribution in [0.25, 0.3) is 0 Å². The SMILES string of the molecule is N#CCCCCN1CCN(S(=O)(=O)c2ccc(F)c(Cl)c2)CC1. The van der Waals surface area contributed by atoms with E-state index in [2.05, 4.69) is 11.0 Å². The van der Waals surface area contributed by atoms with Gasteiger partial charge in [-0.2, -0.15) is 9.57 Å². The Morgan fingerprint density at radius 2 is 1.91 bits per heavy atom. The minimum Gasteiger partial charge on any atom is -0.301 e. The van der Waals surface area contributed by atoms with Gasteiger partial charge in [0.2, 0.25) is 10.0 Å². The van der Waals surface area contributed by atoms with Gasteiger partial charge in [0, 0.05) is 32.6 Å². The molecule has 5 nitrogen and oxygen atoms in total. The molecule has 8 heteroatoms. The number of benzene rings is 1. The van der Waals surface area contributed by atoms with E-state index in [1.165, 1.54) is 10.4 Å². The van der Waals surface area contributed by atoms with E-state index in [0.717, 1.165) is 31.5 Å². The normalized spacial score (nSPS) is 17.1. The third kappa shape index (κ3) is 4.64. The summed E-state index contributed by atoms with van der Waals surface area (Å²) in [7, 11) is -3.64. The fraction of sp³-hybridized carbons (Fsp3) is 0.533. The third-order valence-electron chi connectivity index (χ3n) is 3.87. The van der Waals surface area contributed by atoms with Crippen molar-refractivity contribution in [1.29, 1.82) is 5.26 Å². The number of hydrogen-bond donors (Lipinski definition) is 0. The predicted molar refractivity (Wildman–Crippen MR) is 86.1 cm³/mol. The molecule has 1 heterocycles. The molecule has 0 amide bonds. The Kier molecular flexibility index (Phi) is 6.36. The second-order valence-corrected chi connectivity index (χ2v) is 7.78. The lowest BCUT2D eigenvalue weighted by atomic mass is 10.2. The molecular weight excluding hydrogens is 341 g/mol. The molecule has 0 radical (unpaired) electrons. The Bertz CT molecular complexity index is 682. The molecule has 0 aliphatic carbocycles. The van der Waals surface area contributed by atoms with Gasteiger partial charge in [-0.1, -0.05) is 11.6 Å². The van der Waals surface area contributed by atoms with Gasteiger partial charge in [-0.05, 0) is 37.6 Å². The maximum atomic E-state index is 13.2. The summed E-state index contributed by atoms with van der Waals surface area (Å²) in [6.07, 6.45) is 2.36. The molecule has 0 unspecified atom stereocenters. The summed E-state index contributed by atoms with van der Waals surface area (Å²) in [4.78, 5) is 2.22. The predicted octanol–water partition coefficient (Wildman–Crippen LogP) is 2.48. The van der Waals surface area contributed by atoms with Gasteiger partial charge in [-0.25, -0.2) is 12.8 Å².